The van der Waals surface area contributed by atoms with E-state index in [-0.39, 0.29) is 23.6 Å². The fraction of sp³-hybridized carbons (Fsp3) is 0.0870. The standard InChI is InChI=1S/C23H15Cl2NO5S/c24-17-7-1-13(9-18(17)25)12-32-16-5-3-15(4-6-16)30-11-20(27)22-26-19-8-2-14(23(28)29)10-21(19)31-22/h1-10H,11-12H2,(H,28,29). The van der Waals surface area contributed by atoms with Gasteiger partial charge >= 0.3 is 5.97 Å². The number of benzene rings is 3. The van der Waals surface area contributed by atoms with Gasteiger partial charge in [0.2, 0.25) is 0 Å². The molecule has 6 nitrogen and oxygen atoms in total. The maximum atomic E-state index is 12.4. The Morgan fingerprint density at radius 3 is 2.50 bits per heavy atom. The largest absolute Gasteiger partial charge is 0.485 e. The third-order valence-electron chi connectivity index (χ3n) is 4.46. The number of hydrogen-bond acceptors (Lipinski definition) is 6. The van der Waals surface area contributed by atoms with E-state index in [0.29, 0.717) is 21.3 Å². The molecule has 0 saturated heterocycles. The number of halogens is 2. The van der Waals surface area contributed by atoms with Crippen LogP contribution in [0.5, 0.6) is 5.75 Å². The lowest BCUT2D eigenvalue weighted by atomic mass is 10.2. The molecule has 0 spiro atoms. The average Bonchev–Trinajstić information content (AvgIpc) is 3.22. The molecule has 1 aromatic heterocycles. The molecule has 3 aromatic carbocycles. The number of aromatic nitrogens is 1. The molecule has 0 aliphatic rings. The third kappa shape index (κ3) is 5.24. The molecule has 0 saturated carbocycles. The minimum Gasteiger partial charge on any atom is -0.485 e. The zero-order chi connectivity index (χ0) is 22.7. The summed E-state index contributed by atoms with van der Waals surface area (Å²) in [6.07, 6.45) is 0. The highest BCUT2D eigenvalue weighted by molar-refractivity contribution is 7.98. The molecule has 0 amide bonds. The lowest BCUT2D eigenvalue weighted by Gasteiger charge is -2.06. The van der Waals surface area contributed by atoms with Gasteiger partial charge in [0, 0.05) is 10.6 Å². The van der Waals surface area contributed by atoms with Crippen LogP contribution in [0.2, 0.25) is 10.0 Å². The normalized spacial score (nSPS) is 10.9. The molecule has 1 N–H and O–H groups in total. The molecule has 0 bridgehead atoms. The second-order valence-corrected chi connectivity index (χ2v) is 8.59. The van der Waals surface area contributed by atoms with Gasteiger partial charge in [-0.1, -0.05) is 29.3 Å². The minimum absolute atomic E-state index is 0.0565. The van der Waals surface area contributed by atoms with E-state index in [1.165, 1.54) is 18.2 Å². The smallest absolute Gasteiger partial charge is 0.335 e. The summed E-state index contributed by atoms with van der Waals surface area (Å²) < 4.78 is 10.9. The van der Waals surface area contributed by atoms with Crippen molar-refractivity contribution in [3.8, 4) is 5.75 Å². The number of carbonyl (C=O) groups is 2. The van der Waals surface area contributed by atoms with Crippen molar-refractivity contribution in [1.29, 1.82) is 0 Å². The first kappa shape index (κ1) is 22.2. The van der Waals surface area contributed by atoms with Crippen LogP contribution in [0.15, 0.2) is 70.0 Å². The van der Waals surface area contributed by atoms with E-state index in [4.69, 9.17) is 37.5 Å². The van der Waals surface area contributed by atoms with E-state index in [1.807, 2.05) is 24.3 Å². The number of hydrogen-bond donors (Lipinski definition) is 1. The Labute approximate surface area is 197 Å². The Bertz CT molecular complexity index is 1300. The van der Waals surface area contributed by atoms with Crippen LogP contribution in [0, 0.1) is 0 Å². The molecule has 0 aliphatic carbocycles. The molecule has 4 rings (SSSR count). The molecule has 0 fully saturated rings. The van der Waals surface area contributed by atoms with E-state index in [0.717, 1.165) is 16.2 Å². The second kappa shape index (κ2) is 9.65. The van der Waals surface area contributed by atoms with Gasteiger partial charge in [-0.15, -0.1) is 11.8 Å². The van der Waals surface area contributed by atoms with Crippen LogP contribution in [0.3, 0.4) is 0 Å². The Kier molecular flexibility index (Phi) is 6.69. The highest BCUT2D eigenvalue weighted by Crippen LogP contribution is 2.28. The zero-order valence-electron chi connectivity index (χ0n) is 16.4. The van der Waals surface area contributed by atoms with Gasteiger partial charge in [-0.3, -0.25) is 4.79 Å². The van der Waals surface area contributed by atoms with Crippen LogP contribution in [0.4, 0.5) is 0 Å². The Morgan fingerprint density at radius 1 is 1.00 bits per heavy atom. The molecule has 0 atom stereocenters. The number of fused-ring (bicyclic) bond motifs is 1. The lowest BCUT2D eigenvalue weighted by Crippen LogP contribution is -2.11. The predicted molar refractivity (Wildman–Crippen MR) is 123 cm³/mol. The van der Waals surface area contributed by atoms with Crippen LogP contribution in [0.25, 0.3) is 11.1 Å². The monoisotopic (exact) mass is 487 g/mol. The van der Waals surface area contributed by atoms with Crippen LogP contribution in [-0.4, -0.2) is 28.4 Å². The molecule has 0 aliphatic heterocycles. The number of rotatable bonds is 8. The van der Waals surface area contributed by atoms with Crippen LogP contribution >= 0.6 is 35.0 Å². The number of carbonyl (C=O) groups excluding carboxylic acids is 1. The fourth-order valence-corrected chi connectivity index (χ4v) is 3.98. The molecule has 162 valence electrons. The first-order chi connectivity index (χ1) is 15.4. The Hall–Kier alpha value is -3.00. The number of aromatic carboxylic acids is 1. The van der Waals surface area contributed by atoms with Crippen molar-refractivity contribution >= 4 is 57.8 Å². The van der Waals surface area contributed by atoms with Gasteiger partial charge in [0.15, 0.2) is 12.2 Å². The lowest BCUT2D eigenvalue weighted by molar-refractivity contribution is 0.0696. The number of nitrogens with zero attached hydrogens (tertiary/aromatic N) is 1. The number of oxazole rings is 1. The number of thioether (sulfide) groups is 1. The summed E-state index contributed by atoms with van der Waals surface area (Å²) in [5, 5.41) is 10.1. The summed E-state index contributed by atoms with van der Waals surface area (Å²) in [5.41, 5.74) is 1.75. The molecule has 1 heterocycles. The minimum atomic E-state index is -1.09. The van der Waals surface area contributed by atoms with E-state index in [2.05, 4.69) is 4.98 Å². The Balaban J connectivity index is 1.33. The molecular weight excluding hydrogens is 473 g/mol. The summed E-state index contributed by atoms with van der Waals surface area (Å²) in [6, 6.07) is 17.1. The number of carboxylic acids is 1. The van der Waals surface area contributed by atoms with Gasteiger partial charge in [-0.25, -0.2) is 9.78 Å². The number of ketones is 1. The number of carboxylic acid groups (broad SMARTS) is 1. The molecular formula is C23H15Cl2NO5S. The van der Waals surface area contributed by atoms with E-state index >= 15 is 0 Å². The highest BCUT2D eigenvalue weighted by atomic mass is 35.5. The SMILES string of the molecule is O=C(O)c1ccc2nc(C(=O)COc3ccc(SCc4ccc(Cl)c(Cl)c4)cc3)oc2c1. The molecule has 9 heteroatoms. The van der Waals surface area contributed by atoms with Crippen molar-refractivity contribution in [1.82, 2.24) is 4.98 Å². The zero-order valence-corrected chi connectivity index (χ0v) is 18.7. The highest BCUT2D eigenvalue weighted by Gasteiger charge is 2.16. The van der Waals surface area contributed by atoms with Gasteiger partial charge in [0.1, 0.15) is 11.3 Å². The van der Waals surface area contributed by atoms with Crippen molar-refractivity contribution in [3.05, 3.63) is 87.7 Å². The van der Waals surface area contributed by atoms with Crippen molar-refractivity contribution in [2.75, 3.05) is 6.61 Å². The first-order valence-electron chi connectivity index (χ1n) is 9.36. The maximum Gasteiger partial charge on any atom is 0.335 e. The summed E-state index contributed by atoms with van der Waals surface area (Å²) >= 11 is 13.6. The maximum absolute atomic E-state index is 12.4. The van der Waals surface area contributed by atoms with E-state index in [9.17, 15) is 9.59 Å². The summed E-state index contributed by atoms with van der Waals surface area (Å²) in [6.45, 7) is -0.256. The van der Waals surface area contributed by atoms with Crippen LogP contribution in [0.1, 0.15) is 26.6 Å². The van der Waals surface area contributed by atoms with Gasteiger partial charge in [0.05, 0.1) is 15.6 Å². The van der Waals surface area contributed by atoms with Gasteiger partial charge < -0.3 is 14.3 Å². The number of Topliss-reactive ketones (excluding diaryl/α,β-unsaturated/α-hetero) is 1. The van der Waals surface area contributed by atoms with Gasteiger partial charge in [-0.2, -0.15) is 0 Å². The van der Waals surface area contributed by atoms with Gasteiger partial charge in [0.25, 0.3) is 11.7 Å². The predicted octanol–water partition coefficient (Wildman–Crippen LogP) is 6.39. The Morgan fingerprint density at radius 2 is 1.78 bits per heavy atom. The topological polar surface area (TPSA) is 89.6 Å². The van der Waals surface area contributed by atoms with E-state index < -0.39 is 11.8 Å². The molecule has 0 unspecified atom stereocenters. The second-order valence-electron chi connectivity index (χ2n) is 6.73. The third-order valence-corrected chi connectivity index (χ3v) is 6.28. The quantitative estimate of drug-likeness (QED) is 0.227. The number of ether oxygens (including phenoxy) is 1. The van der Waals surface area contributed by atoms with Crippen LogP contribution < -0.4 is 4.74 Å². The van der Waals surface area contributed by atoms with Gasteiger partial charge in [-0.05, 0) is 60.2 Å². The molecule has 0 radical (unpaired) electrons. The van der Waals surface area contributed by atoms with Crippen molar-refractivity contribution in [3.63, 3.8) is 0 Å². The fourth-order valence-electron chi connectivity index (χ4n) is 2.82. The molecule has 4 aromatic rings. The summed E-state index contributed by atoms with van der Waals surface area (Å²) in [5.74, 6) is -0.399. The van der Waals surface area contributed by atoms with Crippen molar-refractivity contribution < 1.29 is 23.8 Å². The molecule has 32 heavy (non-hydrogen) atoms. The van der Waals surface area contributed by atoms with E-state index in [1.54, 1.807) is 30.0 Å². The summed E-state index contributed by atoms with van der Waals surface area (Å²) in [4.78, 5) is 28.5. The van der Waals surface area contributed by atoms with Crippen molar-refractivity contribution in [2.24, 2.45) is 0 Å². The van der Waals surface area contributed by atoms with Crippen LogP contribution in [-0.2, 0) is 5.75 Å². The first-order valence-corrected chi connectivity index (χ1v) is 11.1. The summed E-state index contributed by atoms with van der Waals surface area (Å²) in [7, 11) is 0. The van der Waals surface area contributed by atoms with Crippen molar-refractivity contribution in [2.45, 2.75) is 10.6 Å². The average molecular weight is 488 g/mol.